The molecule has 0 aliphatic heterocycles. The Morgan fingerprint density at radius 2 is 1.93 bits per heavy atom. The molecule has 1 aromatic rings. The van der Waals surface area contributed by atoms with E-state index in [4.69, 9.17) is 5.26 Å². The summed E-state index contributed by atoms with van der Waals surface area (Å²) in [5.41, 5.74) is 2.56. The highest BCUT2D eigenvalue weighted by molar-refractivity contribution is 6.01. The third kappa shape index (κ3) is 2.13. The van der Waals surface area contributed by atoms with Crippen molar-refractivity contribution < 1.29 is 4.79 Å². The van der Waals surface area contributed by atoms with Crippen LogP contribution in [0.25, 0.3) is 6.08 Å². The molecule has 2 nitrogen and oxygen atoms in total. The first-order valence-electron chi connectivity index (χ1n) is 5.03. The Morgan fingerprint density at radius 3 is 2.47 bits per heavy atom. The zero-order valence-electron chi connectivity index (χ0n) is 8.36. The first-order valence-corrected chi connectivity index (χ1v) is 5.03. The van der Waals surface area contributed by atoms with Gasteiger partial charge in [-0.25, -0.2) is 0 Å². The molecule has 1 aliphatic carbocycles. The molecule has 0 aromatic heterocycles. The molecule has 1 saturated carbocycles. The van der Waals surface area contributed by atoms with Crippen LogP contribution in [0.15, 0.2) is 29.8 Å². The molecule has 2 rings (SSSR count). The van der Waals surface area contributed by atoms with Gasteiger partial charge in [-0.1, -0.05) is 12.1 Å². The molecule has 1 aliphatic rings. The molecule has 0 radical (unpaired) electrons. The van der Waals surface area contributed by atoms with Crippen LogP contribution in [0.5, 0.6) is 0 Å². The van der Waals surface area contributed by atoms with E-state index in [1.54, 1.807) is 12.1 Å². The Labute approximate surface area is 88.8 Å². The van der Waals surface area contributed by atoms with Gasteiger partial charge in [-0.3, -0.25) is 4.79 Å². The Balaban J connectivity index is 2.24. The second-order valence-electron chi connectivity index (χ2n) is 3.68. The Bertz CT molecular complexity index is 448. The Hall–Kier alpha value is -1.88. The summed E-state index contributed by atoms with van der Waals surface area (Å²) >= 11 is 0. The van der Waals surface area contributed by atoms with Gasteiger partial charge in [0.2, 0.25) is 0 Å². The summed E-state index contributed by atoms with van der Waals surface area (Å²) in [5.74, 6) is 0.263. The van der Waals surface area contributed by atoms with E-state index in [0.29, 0.717) is 12.0 Å². The lowest BCUT2D eigenvalue weighted by atomic mass is 10.1. The minimum Gasteiger partial charge on any atom is -0.295 e. The van der Waals surface area contributed by atoms with Crippen LogP contribution in [-0.4, -0.2) is 5.78 Å². The van der Waals surface area contributed by atoms with Gasteiger partial charge in [0, 0.05) is 6.42 Å². The van der Waals surface area contributed by atoms with E-state index in [0.717, 1.165) is 24.0 Å². The van der Waals surface area contributed by atoms with Crippen LogP contribution in [0, 0.1) is 11.3 Å². The number of nitriles is 1. The highest BCUT2D eigenvalue weighted by Gasteiger charge is 2.16. The first-order chi connectivity index (χ1) is 7.29. The van der Waals surface area contributed by atoms with Crippen LogP contribution < -0.4 is 0 Å². The van der Waals surface area contributed by atoms with Crippen LogP contribution in [0.2, 0.25) is 0 Å². The molecule has 0 atom stereocenters. The third-order valence-corrected chi connectivity index (χ3v) is 2.59. The second kappa shape index (κ2) is 4.10. The van der Waals surface area contributed by atoms with Crippen LogP contribution in [0.4, 0.5) is 0 Å². The monoisotopic (exact) mass is 197 g/mol. The molecule has 0 spiro atoms. The molecule has 2 heteroatoms. The molecular weight excluding hydrogens is 186 g/mol. The lowest BCUT2D eigenvalue weighted by molar-refractivity contribution is -0.114. The molecule has 0 saturated heterocycles. The van der Waals surface area contributed by atoms with Crippen molar-refractivity contribution in [3.8, 4) is 6.07 Å². The van der Waals surface area contributed by atoms with E-state index in [9.17, 15) is 4.79 Å². The maximum Gasteiger partial charge on any atom is 0.158 e. The van der Waals surface area contributed by atoms with Gasteiger partial charge in [0.1, 0.15) is 0 Å². The highest BCUT2D eigenvalue weighted by atomic mass is 16.1. The van der Waals surface area contributed by atoms with Gasteiger partial charge in [0.25, 0.3) is 0 Å². The number of hydrogen-bond acceptors (Lipinski definition) is 2. The van der Waals surface area contributed by atoms with E-state index in [1.165, 1.54) is 0 Å². The topological polar surface area (TPSA) is 40.9 Å². The molecule has 0 heterocycles. The minimum atomic E-state index is 0.263. The van der Waals surface area contributed by atoms with Crippen molar-refractivity contribution in [2.24, 2.45) is 0 Å². The van der Waals surface area contributed by atoms with Crippen molar-refractivity contribution in [2.45, 2.75) is 19.3 Å². The number of carbonyl (C=O) groups excluding carboxylic acids is 1. The number of rotatable bonds is 1. The average Bonchev–Trinajstić information content (AvgIpc) is 2.66. The van der Waals surface area contributed by atoms with Gasteiger partial charge in [-0.05, 0) is 42.2 Å². The molecule has 1 aromatic carbocycles. The zero-order valence-corrected chi connectivity index (χ0v) is 8.36. The quantitative estimate of drug-likeness (QED) is 0.649. The number of Topliss-reactive ketones (excluding diaryl/α,β-unsaturated/α-hetero) is 1. The van der Waals surface area contributed by atoms with Crippen molar-refractivity contribution in [1.82, 2.24) is 0 Å². The second-order valence-corrected chi connectivity index (χ2v) is 3.68. The number of carbonyl (C=O) groups is 1. The van der Waals surface area contributed by atoms with Gasteiger partial charge < -0.3 is 0 Å². The number of hydrogen-bond donors (Lipinski definition) is 0. The minimum absolute atomic E-state index is 0.263. The van der Waals surface area contributed by atoms with Crippen molar-refractivity contribution in [3.63, 3.8) is 0 Å². The van der Waals surface area contributed by atoms with Crippen molar-refractivity contribution >= 4 is 11.9 Å². The number of ketones is 1. The Kier molecular flexibility index (Phi) is 2.64. The van der Waals surface area contributed by atoms with Crippen LogP contribution in [0.1, 0.15) is 30.4 Å². The predicted octanol–water partition coefficient (Wildman–Crippen LogP) is 2.69. The zero-order chi connectivity index (χ0) is 10.7. The fourth-order valence-electron chi connectivity index (χ4n) is 1.75. The maximum absolute atomic E-state index is 11.4. The molecule has 74 valence electrons. The molecule has 1 fully saturated rings. The lowest BCUT2D eigenvalue weighted by Gasteiger charge is -1.96. The summed E-state index contributed by atoms with van der Waals surface area (Å²) in [7, 11) is 0. The standard InChI is InChI=1S/C13H11NO/c14-9-11-6-4-10(5-7-11)8-12-2-1-3-13(12)15/h4-8H,1-3H2/b12-8+. The lowest BCUT2D eigenvalue weighted by Crippen LogP contribution is -1.90. The van der Waals surface area contributed by atoms with Gasteiger partial charge in [-0.15, -0.1) is 0 Å². The van der Waals surface area contributed by atoms with Crippen LogP contribution >= 0.6 is 0 Å². The number of allylic oxidation sites excluding steroid dienone is 1. The van der Waals surface area contributed by atoms with Gasteiger partial charge >= 0.3 is 0 Å². The number of benzene rings is 1. The fraction of sp³-hybridized carbons (Fsp3) is 0.231. The predicted molar refractivity (Wildman–Crippen MR) is 58.0 cm³/mol. The van der Waals surface area contributed by atoms with Crippen molar-refractivity contribution in [1.29, 1.82) is 5.26 Å². The van der Waals surface area contributed by atoms with E-state index in [-0.39, 0.29) is 5.78 Å². The van der Waals surface area contributed by atoms with Crippen molar-refractivity contribution in [2.75, 3.05) is 0 Å². The fourth-order valence-corrected chi connectivity index (χ4v) is 1.75. The normalized spacial score (nSPS) is 18.1. The van der Waals surface area contributed by atoms with E-state index in [1.807, 2.05) is 18.2 Å². The van der Waals surface area contributed by atoms with Crippen LogP contribution in [0.3, 0.4) is 0 Å². The molecule has 0 unspecified atom stereocenters. The summed E-state index contributed by atoms with van der Waals surface area (Å²) in [6.45, 7) is 0. The molecular formula is C13H11NO. The summed E-state index contributed by atoms with van der Waals surface area (Å²) in [6.07, 6.45) is 4.47. The third-order valence-electron chi connectivity index (χ3n) is 2.59. The number of nitrogens with zero attached hydrogens (tertiary/aromatic N) is 1. The molecule has 0 bridgehead atoms. The van der Waals surface area contributed by atoms with E-state index >= 15 is 0 Å². The molecule has 0 amide bonds. The average molecular weight is 197 g/mol. The van der Waals surface area contributed by atoms with Gasteiger partial charge in [0.05, 0.1) is 11.6 Å². The first kappa shape index (κ1) is 9.67. The van der Waals surface area contributed by atoms with E-state index < -0.39 is 0 Å². The van der Waals surface area contributed by atoms with Crippen molar-refractivity contribution in [3.05, 3.63) is 41.0 Å². The maximum atomic E-state index is 11.4. The SMILES string of the molecule is N#Cc1ccc(/C=C2\CCCC2=O)cc1. The largest absolute Gasteiger partial charge is 0.295 e. The summed E-state index contributed by atoms with van der Waals surface area (Å²) in [6, 6.07) is 9.35. The molecule has 15 heavy (non-hydrogen) atoms. The molecule has 0 N–H and O–H groups in total. The summed E-state index contributed by atoms with van der Waals surface area (Å²) in [5, 5.41) is 8.64. The summed E-state index contributed by atoms with van der Waals surface area (Å²) < 4.78 is 0. The van der Waals surface area contributed by atoms with Crippen LogP contribution in [-0.2, 0) is 4.79 Å². The van der Waals surface area contributed by atoms with E-state index in [2.05, 4.69) is 6.07 Å². The van der Waals surface area contributed by atoms with Gasteiger partial charge in [0.15, 0.2) is 5.78 Å². The Morgan fingerprint density at radius 1 is 1.20 bits per heavy atom. The smallest absolute Gasteiger partial charge is 0.158 e. The summed E-state index contributed by atoms with van der Waals surface area (Å²) in [4.78, 5) is 11.4. The highest BCUT2D eigenvalue weighted by Crippen LogP contribution is 2.22. The van der Waals surface area contributed by atoms with Gasteiger partial charge in [-0.2, -0.15) is 5.26 Å².